The molecule has 2 N–H and O–H groups in total. The van der Waals surface area contributed by atoms with Crippen LogP contribution in [0.1, 0.15) is 11.5 Å². The lowest BCUT2D eigenvalue weighted by Crippen LogP contribution is -2.28. The summed E-state index contributed by atoms with van der Waals surface area (Å²) in [6, 6.07) is 6.10. The quantitative estimate of drug-likeness (QED) is 0.852. The Kier molecular flexibility index (Phi) is 3.54. The summed E-state index contributed by atoms with van der Waals surface area (Å²) in [5, 5.41) is 0. The van der Waals surface area contributed by atoms with Gasteiger partial charge in [0.05, 0.1) is 14.2 Å². The molecule has 0 radical (unpaired) electrons. The molecule has 0 unspecified atom stereocenters. The maximum Gasteiger partial charge on any atom is 0.126 e. The number of hydrogen-bond acceptors (Lipinski definition) is 4. The monoisotopic (exact) mass is 236 g/mol. The molecule has 0 amide bonds. The van der Waals surface area contributed by atoms with E-state index < -0.39 is 0 Å². The first-order chi connectivity index (χ1) is 8.15. The minimum absolute atomic E-state index is 0.169. The van der Waals surface area contributed by atoms with Crippen LogP contribution in [0.25, 0.3) is 0 Å². The van der Waals surface area contributed by atoms with E-state index in [-0.39, 0.29) is 6.04 Å². The molecule has 1 aliphatic heterocycles. The third-order valence-electron chi connectivity index (χ3n) is 3.39. The largest absolute Gasteiger partial charge is 0.497 e. The van der Waals surface area contributed by atoms with Crippen molar-refractivity contribution in [2.45, 2.75) is 12.0 Å². The second kappa shape index (κ2) is 4.94. The summed E-state index contributed by atoms with van der Waals surface area (Å²) in [5.41, 5.74) is 7.34. The fourth-order valence-corrected chi connectivity index (χ4v) is 2.49. The number of ether oxygens (including phenoxy) is 2. The van der Waals surface area contributed by atoms with Crippen molar-refractivity contribution in [1.29, 1.82) is 0 Å². The van der Waals surface area contributed by atoms with Crippen LogP contribution >= 0.6 is 0 Å². The minimum atomic E-state index is 0.169. The topological polar surface area (TPSA) is 47.7 Å². The van der Waals surface area contributed by atoms with Crippen LogP contribution in [0.4, 0.5) is 0 Å². The van der Waals surface area contributed by atoms with Crippen LogP contribution in [0.3, 0.4) is 0 Å². The van der Waals surface area contributed by atoms with Crippen molar-refractivity contribution in [2.24, 2.45) is 5.73 Å². The molecular formula is C13H20N2O2. The van der Waals surface area contributed by atoms with Gasteiger partial charge in [0.15, 0.2) is 0 Å². The fraction of sp³-hybridized carbons (Fsp3) is 0.538. The van der Waals surface area contributed by atoms with Gasteiger partial charge in [0.2, 0.25) is 0 Å². The van der Waals surface area contributed by atoms with Gasteiger partial charge < -0.3 is 20.1 Å². The predicted octanol–water partition coefficient (Wildman–Crippen LogP) is 1.06. The summed E-state index contributed by atoms with van der Waals surface area (Å²) < 4.78 is 10.6. The van der Waals surface area contributed by atoms with Gasteiger partial charge in [-0.05, 0) is 13.1 Å². The Morgan fingerprint density at radius 2 is 2.00 bits per heavy atom. The zero-order valence-electron chi connectivity index (χ0n) is 10.6. The lowest BCUT2D eigenvalue weighted by Gasteiger charge is -2.18. The Hall–Kier alpha value is -1.26. The first kappa shape index (κ1) is 12.2. The summed E-state index contributed by atoms with van der Waals surface area (Å²) >= 11 is 0. The highest BCUT2D eigenvalue weighted by Crippen LogP contribution is 2.34. The maximum atomic E-state index is 6.17. The third-order valence-corrected chi connectivity index (χ3v) is 3.39. The molecule has 1 aliphatic rings. The molecule has 4 nitrogen and oxygen atoms in total. The van der Waals surface area contributed by atoms with Gasteiger partial charge in [0.25, 0.3) is 0 Å². The van der Waals surface area contributed by atoms with Crippen LogP contribution in [0.15, 0.2) is 18.2 Å². The first-order valence-electron chi connectivity index (χ1n) is 5.81. The molecule has 0 aliphatic carbocycles. The average Bonchev–Trinajstić information content (AvgIpc) is 2.67. The third kappa shape index (κ3) is 2.37. The van der Waals surface area contributed by atoms with Crippen LogP contribution in [0.5, 0.6) is 11.5 Å². The predicted molar refractivity (Wildman–Crippen MR) is 67.8 cm³/mol. The number of methoxy groups -OCH3 is 2. The van der Waals surface area contributed by atoms with E-state index in [2.05, 4.69) is 18.0 Å². The van der Waals surface area contributed by atoms with E-state index in [1.807, 2.05) is 12.1 Å². The van der Waals surface area contributed by atoms with E-state index in [1.165, 1.54) is 5.56 Å². The van der Waals surface area contributed by atoms with Crippen molar-refractivity contribution in [1.82, 2.24) is 4.90 Å². The summed E-state index contributed by atoms with van der Waals surface area (Å²) in [6.45, 7) is 1.91. The summed E-state index contributed by atoms with van der Waals surface area (Å²) in [4.78, 5) is 2.25. The summed E-state index contributed by atoms with van der Waals surface area (Å²) in [7, 11) is 5.43. The molecule has 1 aromatic carbocycles. The maximum absolute atomic E-state index is 6.17. The molecule has 0 saturated carbocycles. The molecule has 1 aromatic rings. The zero-order valence-corrected chi connectivity index (χ0v) is 10.6. The first-order valence-corrected chi connectivity index (χ1v) is 5.81. The van der Waals surface area contributed by atoms with Gasteiger partial charge in [-0.3, -0.25) is 0 Å². The molecule has 2 rings (SSSR count). The van der Waals surface area contributed by atoms with Gasteiger partial charge in [0.1, 0.15) is 11.5 Å². The van der Waals surface area contributed by atoms with Crippen LogP contribution in [-0.4, -0.2) is 45.3 Å². The minimum Gasteiger partial charge on any atom is -0.497 e. The average molecular weight is 236 g/mol. The number of nitrogens with zero attached hydrogens (tertiary/aromatic N) is 1. The van der Waals surface area contributed by atoms with E-state index in [9.17, 15) is 0 Å². The van der Waals surface area contributed by atoms with E-state index >= 15 is 0 Å². The fourth-order valence-electron chi connectivity index (χ4n) is 2.49. The molecule has 2 atom stereocenters. The van der Waals surface area contributed by atoms with E-state index in [0.29, 0.717) is 5.92 Å². The molecule has 0 aromatic heterocycles. The number of rotatable bonds is 3. The lowest BCUT2D eigenvalue weighted by atomic mass is 9.94. The molecule has 1 fully saturated rings. The highest BCUT2D eigenvalue weighted by atomic mass is 16.5. The van der Waals surface area contributed by atoms with Crippen LogP contribution < -0.4 is 15.2 Å². The van der Waals surface area contributed by atoms with Crippen molar-refractivity contribution >= 4 is 0 Å². The van der Waals surface area contributed by atoms with E-state index in [0.717, 1.165) is 24.6 Å². The molecular weight excluding hydrogens is 216 g/mol. The number of likely N-dealkylation sites (N-methyl/N-ethyl adjacent to an activating group) is 1. The van der Waals surface area contributed by atoms with Crippen molar-refractivity contribution in [3.63, 3.8) is 0 Å². The smallest absolute Gasteiger partial charge is 0.126 e. The SMILES string of the molecule is COc1ccc([C@@H]2CN(C)C[C@H]2N)c(OC)c1. The number of nitrogens with two attached hydrogens (primary N) is 1. The van der Waals surface area contributed by atoms with Gasteiger partial charge in [-0.15, -0.1) is 0 Å². The molecule has 1 heterocycles. The molecule has 0 spiro atoms. The zero-order chi connectivity index (χ0) is 12.4. The molecule has 0 bridgehead atoms. The molecule has 4 heteroatoms. The highest BCUT2D eigenvalue weighted by molar-refractivity contribution is 5.44. The highest BCUT2D eigenvalue weighted by Gasteiger charge is 2.31. The number of likely N-dealkylation sites (tertiary alicyclic amines) is 1. The lowest BCUT2D eigenvalue weighted by molar-refractivity contribution is 0.384. The van der Waals surface area contributed by atoms with Crippen LogP contribution in [-0.2, 0) is 0 Å². The Morgan fingerprint density at radius 1 is 1.24 bits per heavy atom. The molecule has 17 heavy (non-hydrogen) atoms. The van der Waals surface area contributed by atoms with Crippen molar-refractivity contribution in [3.8, 4) is 11.5 Å². The van der Waals surface area contributed by atoms with Gasteiger partial charge in [-0.2, -0.15) is 0 Å². The Labute approximate surface area is 102 Å². The molecule has 94 valence electrons. The van der Waals surface area contributed by atoms with E-state index in [1.54, 1.807) is 14.2 Å². The van der Waals surface area contributed by atoms with Crippen LogP contribution in [0.2, 0.25) is 0 Å². The van der Waals surface area contributed by atoms with Gasteiger partial charge in [0, 0.05) is 36.7 Å². The second-order valence-corrected chi connectivity index (χ2v) is 4.60. The Bertz CT molecular complexity index is 395. The number of benzene rings is 1. The van der Waals surface area contributed by atoms with Gasteiger partial charge in [-0.1, -0.05) is 6.07 Å². The van der Waals surface area contributed by atoms with Crippen LogP contribution in [0, 0.1) is 0 Å². The normalized spacial score (nSPS) is 24.9. The van der Waals surface area contributed by atoms with Crippen molar-refractivity contribution in [3.05, 3.63) is 23.8 Å². The van der Waals surface area contributed by atoms with Gasteiger partial charge in [-0.25, -0.2) is 0 Å². The summed E-state index contributed by atoms with van der Waals surface area (Å²) in [5.74, 6) is 2.01. The van der Waals surface area contributed by atoms with Crippen molar-refractivity contribution < 1.29 is 9.47 Å². The van der Waals surface area contributed by atoms with E-state index in [4.69, 9.17) is 15.2 Å². The summed E-state index contributed by atoms with van der Waals surface area (Å²) in [6.07, 6.45) is 0. The standard InChI is InChI=1S/C13H20N2O2/c1-15-7-11(12(14)8-15)10-5-4-9(16-2)6-13(10)17-3/h4-6,11-12H,7-8,14H2,1-3H3/t11-,12+/m0/s1. The second-order valence-electron chi connectivity index (χ2n) is 4.60. The Balaban J connectivity index is 2.31. The molecule has 1 saturated heterocycles. The number of hydrogen-bond donors (Lipinski definition) is 1. The Morgan fingerprint density at radius 3 is 2.53 bits per heavy atom. The van der Waals surface area contributed by atoms with Crippen molar-refractivity contribution in [2.75, 3.05) is 34.4 Å². The van der Waals surface area contributed by atoms with Gasteiger partial charge >= 0.3 is 0 Å².